The predicted molar refractivity (Wildman–Crippen MR) is 120 cm³/mol. The Bertz CT molecular complexity index is 1100. The smallest absolute Gasteiger partial charge is 0.274 e. The van der Waals surface area contributed by atoms with E-state index in [0.717, 1.165) is 27.4 Å². The van der Waals surface area contributed by atoms with Crippen molar-refractivity contribution in [3.05, 3.63) is 63.9 Å². The largest absolute Gasteiger partial charge is 0.338 e. The second-order valence-electron chi connectivity index (χ2n) is 7.48. The number of rotatable bonds is 4. The second-order valence-corrected chi connectivity index (χ2v) is 8.33. The Labute approximate surface area is 184 Å². The lowest BCUT2D eigenvalue weighted by Crippen LogP contribution is -2.31. The Balaban J connectivity index is 1.58. The summed E-state index contributed by atoms with van der Waals surface area (Å²) >= 11 is 3.56. The highest BCUT2D eigenvalue weighted by Gasteiger charge is 2.24. The number of hydrogen-bond acceptors (Lipinski definition) is 3. The Morgan fingerprint density at radius 2 is 1.90 bits per heavy atom. The lowest BCUT2D eigenvalue weighted by Gasteiger charge is -2.20. The molecular weight excluding hydrogens is 444 g/mol. The molecule has 0 fully saturated rings. The summed E-state index contributed by atoms with van der Waals surface area (Å²) in [5, 5.41) is 6.64. The van der Waals surface area contributed by atoms with Crippen molar-refractivity contribution >= 4 is 38.5 Å². The van der Waals surface area contributed by atoms with E-state index in [1.807, 2.05) is 65.9 Å². The van der Waals surface area contributed by atoms with Crippen molar-refractivity contribution in [1.82, 2.24) is 19.6 Å². The van der Waals surface area contributed by atoms with Crippen LogP contribution in [0.3, 0.4) is 0 Å². The van der Waals surface area contributed by atoms with E-state index in [2.05, 4.69) is 21.0 Å². The van der Waals surface area contributed by atoms with E-state index in [0.29, 0.717) is 44.0 Å². The lowest BCUT2D eigenvalue weighted by atomic mass is 10.1. The van der Waals surface area contributed by atoms with E-state index in [9.17, 15) is 9.59 Å². The first-order valence-electron chi connectivity index (χ1n) is 10.3. The number of nitrogens with zero attached hydrogens (tertiary/aromatic N) is 4. The van der Waals surface area contributed by atoms with Crippen LogP contribution in [-0.4, -0.2) is 51.0 Å². The van der Waals surface area contributed by atoms with Crippen molar-refractivity contribution in [3.8, 4) is 0 Å². The van der Waals surface area contributed by atoms with E-state index < -0.39 is 0 Å². The van der Waals surface area contributed by atoms with E-state index in [1.165, 1.54) is 0 Å². The molecule has 156 valence electrons. The first kappa shape index (κ1) is 20.6. The summed E-state index contributed by atoms with van der Waals surface area (Å²) in [7, 11) is 0. The van der Waals surface area contributed by atoms with Crippen molar-refractivity contribution in [2.24, 2.45) is 0 Å². The normalized spacial score (nSPS) is 13.8. The molecule has 2 heterocycles. The molecule has 2 aromatic carbocycles. The summed E-state index contributed by atoms with van der Waals surface area (Å²) < 4.78 is 2.89. The maximum atomic E-state index is 13.2. The number of aryl methyl sites for hydroxylation is 1. The molecule has 1 aliphatic heterocycles. The fourth-order valence-electron chi connectivity index (χ4n) is 3.97. The van der Waals surface area contributed by atoms with Crippen LogP contribution in [0.4, 0.5) is 0 Å². The first-order chi connectivity index (χ1) is 14.5. The minimum atomic E-state index is -0.0569. The topological polar surface area (TPSA) is 58.4 Å². The van der Waals surface area contributed by atoms with Crippen LogP contribution in [-0.2, 0) is 13.1 Å². The van der Waals surface area contributed by atoms with Gasteiger partial charge in [-0.2, -0.15) is 5.10 Å². The third kappa shape index (κ3) is 3.86. The average molecular weight is 469 g/mol. The van der Waals surface area contributed by atoms with Crippen molar-refractivity contribution < 1.29 is 9.59 Å². The minimum absolute atomic E-state index is 0.00291. The molecule has 0 spiro atoms. The zero-order valence-electron chi connectivity index (χ0n) is 17.3. The molecule has 0 atom stereocenters. The summed E-state index contributed by atoms with van der Waals surface area (Å²) in [6.45, 7) is 7.05. The number of halogens is 1. The maximum absolute atomic E-state index is 13.2. The Morgan fingerprint density at radius 3 is 2.67 bits per heavy atom. The Morgan fingerprint density at radius 1 is 1.10 bits per heavy atom. The summed E-state index contributed by atoms with van der Waals surface area (Å²) in [4.78, 5) is 29.5. The quantitative estimate of drug-likeness (QED) is 0.572. The van der Waals surface area contributed by atoms with Gasteiger partial charge in [-0.1, -0.05) is 34.1 Å². The SMILES string of the molecule is CCN(CC)C(=O)c1cc2n(n1)CCCN(C(=O)c1ccc3c(Br)cccc3c1)C2. The monoisotopic (exact) mass is 468 g/mol. The van der Waals surface area contributed by atoms with E-state index >= 15 is 0 Å². The standard InChI is InChI=1S/C23H25BrN4O2/c1-3-26(4-2)23(30)21-14-18-15-27(11-6-12-28(18)25-21)22(29)17-9-10-19-16(13-17)7-5-8-20(19)24/h5,7-10,13-14H,3-4,6,11-12,15H2,1-2H3. The van der Waals surface area contributed by atoms with Crippen LogP contribution in [0.2, 0.25) is 0 Å². The van der Waals surface area contributed by atoms with Gasteiger partial charge in [0.05, 0.1) is 12.2 Å². The number of fused-ring (bicyclic) bond motifs is 2. The molecule has 0 radical (unpaired) electrons. The predicted octanol–water partition coefficient (Wildman–Crippen LogP) is 4.33. The number of carbonyl (C=O) groups is 2. The van der Waals surface area contributed by atoms with Crippen molar-refractivity contribution in [3.63, 3.8) is 0 Å². The zero-order valence-corrected chi connectivity index (χ0v) is 18.9. The second kappa shape index (κ2) is 8.60. The fourth-order valence-corrected chi connectivity index (χ4v) is 4.49. The summed E-state index contributed by atoms with van der Waals surface area (Å²) in [6, 6.07) is 13.6. The molecule has 0 aliphatic carbocycles. The molecular formula is C23H25BrN4O2. The molecule has 3 aromatic rings. The van der Waals surface area contributed by atoms with Gasteiger partial charge in [0.1, 0.15) is 0 Å². The van der Waals surface area contributed by atoms with Gasteiger partial charge in [-0.3, -0.25) is 14.3 Å². The Hall–Kier alpha value is -2.67. The summed E-state index contributed by atoms with van der Waals surface area (Å²) in [5.41, 5.74) is 2.03. The van der Waals surface area contributed by atoms with Gasteiger partial charge in [-0.05, 0) is 55.3 Å². The molecule has 6 nitrogen and oxygen atoms in total. The van der Waals surface area contributed by atoms with Crippen LogP contribution in [0.1, 0.15) is 46.8 Å². The highest BCUT2D eigenvalue weighted by atomic mass is 79.9. The summed E-state index contributed by atoms with van der Waals surface area (Å²) in [5.74, 6) is -0.0540. The number of aromatic nitrogens is 2. The van der Waals surface area contributed by atoms with Crippen molar-refractivity contribution in [2.45, 2.75) is 33.4 Å². The van der Waals surface area contributed by atoms with Crippen LogP contribution in [0.5, 0.6) is 0 Å². The zero-order chi connectivity index (χ0) is 21.3. The number of carbonyl (C=O) groups excluding carboxylic acids is 2. The maximum Gasteiger partial charge on any atom is 0.274 e. The van der Waals surface area contributed by atoms with E-state index in [4.69, 9.17) is 0 Å². The van der Waals surface area contributed by atoms with Gasteiger partial charge in [-0.15, -0.1) is 0 Å². The molecule has 0 N–H and O–H groups in total. The van der Waals surface area contributed by atoms with E-state index in [-0.39, 0.29) is 11.8 Å². The molecule has 1 aliphatic rings. The Kier molecular flexibility index (Phi) is 5.90. The lowest BCUT2D eigenvalue weighted by molar-refractivity contribution is 0.0745. The fraction of sp³-hybridized carbons (Fsp3) is 0.348. The van der Waals surface area contributed by atoms with Gasteiger partial charge in [0.15, 0.2) is 5.69 Å². The van der Waals surface area contributed by atoms with Gasteiger partial charge in [0.2, 0.25) is 0 Å². The van der Waals surface area contributed by atoms with Crippen LogP contribution in [0, 0.1) is 0 Å². The van der Waals surface area contributed by atoms with Gasteiger partial charge in [-0.25, -0.2) is 0 Å². The van der Waals surface area contributed by atoms with Crippen LogP contribution >= 0.6 is 15.9 Å². The molecule has 0 bridgehead atoms. The molecule has 0 saturated carbocycles. The molecule has 30 heavy (non-hydrogen) atoms. The van der Waals surface area contributed by atoms with Gasteiger partial charge >= 0.3 is 0 Å². The number of benzene rings is 2. The number of hydrogen-bond donors (Lipinski definition) is 0. The van der Waals surface area contributed by atoms with Gasteiger partial charge in [0, 0.05) is 36.2 Å². The summed E-state index contributed by atoms with van der Waals surface area (Å²) in [6.07, 6.45) is 0.804. The van der Waals surface area contributed by atoms with Gasteiger partial charge in [0.25, 0.3) is 11.8 Å². The van der Waals surface area contributed by atoms with Gasteiger partial charge < -0.3 is 9.80 Å². The molecule has 1 aromatic heterocycles. The highest BCUT2D eigenvalue weighted by molar-refractivity contribution is 9.10. The van der Waals surface area contributed by atoms with Crippen molar-refractivity contribution in [2.75, 3.05) is 19.6 Å². The van der Waals surface area contributed by atoms with E-state index in [1.54, 1.807) is 4.90 Å². The third-order valence-corrected chi connectivity index (χ3v) is 6.34. The average Bonchev–Trinajstić information content (AvgIpc) is 3.05. The highest BCUT2D eigenvalue weighted by Crippen LogP contribution is 2.26. The minimum Gasteiger partial charge on any atom is -0.338 e. The third-order valence-electron chi connectivity index (χ3n) is 5.65. The first-order valence-corrected chi connectivity index (χ1v) is 11.1. The number of amides is 2. The molecule has 0 saturated heterocycles. The molecule has 7 heteroatoms. The van der Waals surface area contributed by atoms with Crippen LogP contribution in [0.15, 0.2) is 46.9 Å². The van der Waals surface area contributed by atoms with Crippen molar-refractivity contribution in [1.29, 1.82) is 0 Å². The molecule has 0 unspecified atom stereocenters. The molecule has 2 amide bonds. The van der Waals surface area contributed by atoms with Crippen LogP contribution < -0.4 is 0 Å². The molecule has 4 rings (SSSR count). The van der Waals surface area contributed by atoms with Crippen LogP contribution in [0.25, 0.3) is 10.8 Å².